The number of hydrogen-bond donors (Lipinski definition) is 2. The Labute approximate surface area is 96.2 Å². The van der Waals surface area contributed by atoms with Gasteiger partial charge in [-0.2, -0.15) is 0 Å². The van der Waals surface area contributed by atoms with Crippen molar-refractivity contribution in [3.63, 3.8) is 0 Å². The minimum Gasteiger partial charge on any atom is -0.344 e. The first kappa shape index (κ1) is 11.2. The lowest BCUT2D eigenvalue weighted by Gasteiger charge is -2.22. The SMILES string of the molecule is CCCN=C1NC(=O)C(C2CC=CCC2)N1. The molecule has 2 N–H and O–H groups in total. The van der Waals surface area contributed by atoms with E-state index in [1.165, 1.54) is 0 Å². The summed E-state index contributed by atoms with van der Waals surface area (Å²) in [6.07, 6.45) is 8.52. The average Bonchev–Trinajstić information content (AvgIpc) is 2.69. The van der Waals surface area contributed by atoms with Crippen LogP contribution < -0.4 is 10.6 Å². The van der Waals surface area contributed by atoms with Gasteiger partial charge in [0, 0.05) is 6.54 Å². The first-order chi connectivity index (χ1) is 7.81. The number of nitrogens with one attached hydrogen (secondary N) is 2. The third-order valence-electron chi connectivity index (χ3n) is 3.09. The standard InChI is InChI=1S/C12H19N3O/c1-2-8-13-12-14-10(11(16)15-12)9-6-4-3-5-7-9/h3-4,9-10H,2,5-8H2,1H3,(H2,13,14,15,16). The minimum absolute atomic E-state index is 0.0788. The Morgan fingerprint density at radius 3 is 3.06 bits per heavy atom. The molecule has 1 aliphatic heterocycles. The lowest BCUT2D eigenvalue weighted by molar-refractivity contribution is -0.121. The van der Waals surface area contributed by atoms with E-state index in [9.17, 15) is 4.79 Å². The van der Waals surface area contributed by atoms with Gasteiger partial charge in [-0.1, -0.05) is 19.1 Å². The van der Waals surface area contributed by atoms with Gasteiger partial charge in [0.05, 0.1) is 0 Å². The fourth-order valence-electron chi connectivity index (χ4n) is 2.20. The van der Waals surface area contributed by atoms with Gasteiger partial charge in [0.2, 0.25) is 5.91 Å². The van der Waals surface area contributed by atoms with Crippen LogP contribution in [0.1, 0.15) is 32.6 Å². The summed E-state index contributed by atoms with van der Waals surface area (Å²) in [5.74, 6) is 1.15. The van der Waals surface area contributed by atoms with Gasteiger partial charge in [-0.05, 0) is 31.6 Å². The second-order valence-corrected chi connectivity index (χ2v) is 4.39. The van der Waals surface area contributed by atoms with Gasteiger partial charge in [-0.15, -0.1) is 0 Å². The summed E-state index contributed by atoms with van der Waals surface area (Å²) in [7, 11) is 0. The lowest BCUT2D eigenvalue weighted by atomic mass is 9.88. The van der Waals surface area contributed by atoms with Crippen LogP contribution >= 0.6 is 0 Å². The molecule has 2 atom stereocenters. The van der Waals surface area contributed by atoms with Crippen LogP contribution in [0.25, 0.3) is 0 Å². The molecule has 0 aromatic carbocycles. The zero-order valence-electron chi connectivity index (χ0n) is 9.70. The molecule has 2 rings (SSSR count). The molecule has 0 aromatic heterocycles. The molecule has 2 aliphatic rings. The number of carbonyl (C=O) groups is 1. The van der Waals surface area contributed by atoms with Gasteiger partial charge in [-0.3, -0.25) is 15.1 Å². The van der Waals surface area contributed by atoms with Gasteiger partial charge in [0.25, 0.3) is 0 Å². The Morgan fingerprint density at radius 1 is 1.50 bits per heavy atom. The molecule has 1 amide bonds. The van der Waals surface area contributed by atoms with Gasteiger partial charge in [-0.25, -0.2) is 0 Å². The maximum Gasteiger partial charge on any atom is 0.249 e. The molecule has 4 nitrogen and oxygen atoms in total. The van der Waals surface area contributed by atoms with Crippen molar-refractivity contribution < 1.29 is 4.79 Å². The molecule has 1 heterocycles. The Bertz CT molecular complexity index is 322. The number of allylic oxidation sites excluding steroid dienone is 2. The highest BCUT2D eigenvalue weighted by Gasteiger charge is 2.34. The van der Waals surface area contributed by atoms with Gasteiger partial charge in [0.1, 0.15) is 6.04 Å². The number of carbonyl (C=O) groups excluding carboxylic acids is 1. The first-order valence-electron chi connectivity index (χ1n) is 6.08. The van der Waals surface area contributed by atoms with Crippen LogP contribution in [-0.4, -0.2) is 24.5 Å². The van der Waals surface area contributed by atoms with Crippen LogP contribution in [0.15, 0.2) is 17.1 Å². The Balaban J connectivity index is 1.96. The second-order valence-electron chi connectivity index (χ2n) is 4.39. The number of amides is 1. The summed E-state index contributed by atoms with van der Waals surface area (Å²) in [5, 5.41) is 6.01. The van der Waals surface area contributed by atoms with Crippen LogP contribution in [-0.2, 0) is 4.79 Å². The van der Waals surface area contributed by atoms with Gasteiger partial charge >= 0.3 is 0 Å². The highest BCUT2D eigenvalue weighted by Crippen LogP contribution is 2.23. The zero-order chi connectivity index (χ0) is 11.4. The summed E-state index contributed by atoms with van der Waals surface area (Å²) in [4.78, 5) is 16.1. The van der Waals surface area contributed by atoms with E-state index in [4.69, 9.17) is 0 Å². The summed E-state index contributed by atoms with van der Waals surface area (Å²) >= 11 is 0. The molecule has 16 heavy (non-hydrogen) atoms. The predicted octanol–water partition coefficient (Wildman–Crippen LogP) is 1.20. The van der Waals surface area contributed by atoms with Crippen LogP contribution in [0, 0.1) is 5.92 Å². The molecule has 0 radical (unpaired) electrons. The second kappa shape index (κ2) is 5.14. The van der Waals surface area contributed by atoms with E-state index in [0.29, 0.717) is 11.9 Å². The molecule has 0 saturated carbocycles. The summed E-state index contributed by atoms with van der Waals surface area (Å²) in [6.45, 7) is 2.84. The van der Waals surface area contributed by atoms with E-state index < -0.39 is 0 Å². The molecule has 0 aromatic rings. The van der Waals surface area contributed by atoms with E-state index in [2.05, 4.69) is 34.7 Å². The van der Waals surface area contributed by atoms with Gasteiger partial charge < -0.3 is 5.32 Å². The van der Waals surface area contributed by atoms with E-state index in [-0.39, 0.29) is 11.9 Å². The Hall–Kier alpha value is -1.32. The zero-order valence-corrected chi connectivity index (χ0v) is 9.70. The third-order valence-corrected chi connectivity index (χ3v) is 3.09. The fourth-order valence-corrected chi connectivity index (χ4v) is 2.20. The molecule has 1 aliphatic carbocycles. The molecule has 0 bridgehead atoms. The van der Waals surface area contributed by atoms with Crippen molar-refractivity contribution in [3.8, 4) is 0 Å². The number of rotatable bonds is 3. The summed E-state index contributed by atoms with van der Waals surface area (Å²) in [6, 6.07) is -0.0828. The monoisotopic (exact) mass is 221 g/mol. The largest absolute Gasteiger partial charge is 0.344 e. The summed E-state index contributed by atoms with van der Waals surface area (Å²) in [5.41, 5.74) is 0. The van der Waals surface area contributed by atoms with E-state index in [1.807, 2.05) is 0 Å². The molecule has 1 saturated heterocycles. The maximum atomic E-state index is 11.8. The first-order valence-corrected chi connectivity index (χ1v) is 6.08. The van der Waals surface area contributed by atoms with E-state index >= 15 is 0 Å². The van der Waals surface area contributed by atoms with Crippen molar-refractivity contribution in [3.05, 3.63) is 12.2 Å². The topological polar surface area (TPSA) is 53.5 Å². The van der Waals surface area contributed by atoms with Crippen LogP contribution in [0.3, 0.4) is 0 Å². The normalized spacial score (nSPS) is 31.6. The molecule has 2 unspecified atom stereocenters. The van der Waals surface area contributed by atoms with Crippen molar-refractivity contribution in [2.24, 2.45) is 10.9 Å². The molecular formula is C12H19N3O. The van der Waals surface area contributed by atoms with Crippen molar-refractivity contribution in [1.82, 2.24) is 10.6 Å². The summed E-state index contributed by atoms with van der Waals surface area (Å²) < 4.78 is 0. The smallest absolute Gasteiger partial charge is 0.249 e. The fraction of sp³-hybridized carbons (Fsp3) is 0.667. The van der Waals surface area contributed by atoms with E-state index in [0.717, 1.165) is 32.2 Å². The molecule has 1 fully saturated rings. The number of guanidine groups is 1. The van der Waals surface area contributed by atoms with Crippen molar-refractivity contribution in [2.45, 2.75) is 38.6 Å². The quantitative estimate of drug-likeness (QED) is 0.703. The van der Waals surface area contributed by atoms with Crippen LogP contribution in [0.4, 0.5) is 0 Å². The van der Waals surface area contributed by atoms with Crippen molar-refractivity contribution >= 4 is 11.9 Å². The molecular weight excluding hydrogens is 202 g/mol. The minimum atomic E-state index is -0.0828. The highest BCUT2D eigenvalue weighted by molar-refractivity contribution is 6.06. The number of hydrogen-bond acceptors (Lipinski definition) is 2. The molecule has 0 spiro atoms. The van der Waals surface area contributed by atoms with E-state index in [1.54, 1.807) is 0 Å². The Morgan fingerprint density at radius 2 is 2.38 bits per heavy atom. The highest BCUT2D eigenvalue weighted by atomic mass is 16.2. The maximum absolute atomic E-state index is 11.8. The van der Waals surface area contributed by atoms with Crippen molar-refractivity contribution in [1.29, 1.82) is 0 Å². The van der Waals surface area contributed by atoms with Crippen LogP contribution in [0.5, 0.6) is 0 Å². The number of nitrogens with zero attached hydrogens (tertiary/aromatic N) is 1. The number of aliphatic imine (C=N–C) groups is 1. The predicted molar refractivity (Wildman–Crippen MR) is 64.1 cm³/mol. The molecule has 4 heteroatoms. The molecule has 88 valence electrons. The third kappa shape index (κ3) is 2.43. The van der Waals surface area contributed by atoms with Crippen molar-refractivity contribution in [2.75, 3.05) is 6.54 Å². The van der Waals surface area contributed by atoms with Gasteiger partial charge in [0.15, 0.2) is 5.96 Å². The average molecular weight is 221 g/mol. The van der Waals surface area contributed by atoms with Crippen LogP contribution in [0.2, 0.25) is 0 Å². The lowest BCUT2D eigenvalue weighted by Crippen LogP contribution is -2.37. The Kier molecular flexibility index (Phi) is 3.59.